The minimum atomic E-state index is -1.12. The zero-order valence-electron chi connectivity index (χ0n) is 14.7. The van der Waals surface area contributed by atoms with E-state index in [0.717, 1.165) is 25.0 Å². The summed E-state index contributed by atoms with van der Waals surface area (Å²) in [6.07, 6.45) is 3.32. The van der Waals surface area contributed by atoms with Gasteiger partial charge in [0.2, 0.25) is 0 Å². The molecule has 27 heavy (non-hydrogen) atoms. The van der Waals surface area contributed by atoms with Gasteiger partial charge in [-0.3, -0.25) is 4.79 Å². The number of benzene rings is 2. The lowest BCUT2D eigenvalue weighted by molar-refractivity contribution is 0.0691. The number of aromatic carboxylic acids is 1. The molecule has 1 aliphatic rings. The fourth-order valence-corrected chi connectivity index (χ4v) is 3.52. The Hall–Kier alpha value is -3.34. The zero-order valence-corrected chi connectivity index (χ0v) is 14.7. The molecule has 136 valence electrons. The van der Waals surface area contributed by atoms with E-state index >= 15 is 0 Å². The highest BCUT2D eigenvalue weighted by Gasteiger charge is 2.23. The molecule has 0 saturated carbocycles. The molecule has 5 nitrogen and oxygen atoms in total. The van der Waals surface area contributed by atoms with E-state index in [2.05, 4.69) is 4.98 Å². The first-order valence-electron chi connectivity index (χ1n) is 8.98. The Bertz CT molecular complexity index is 1040. The number of H-pyrrole nitrogens is 1. The van der Waals surface area contributed by atoms with Gasteiger partial charge in [0.15, 0.2) is 5.43 Å². The van der Waals surface area contributed by atoms with Crippen molar-refractivity contribution in [3.05, 3.63) is 81.8 Å². The molecule has 1 aromatic heterocycles. The van der Waals surface area contributed by atoms with Crippen LogP contribution in [-0.4, -0.2) is 16.1 Å². The van der Waals surface area contributed by atoms with Gasteiger partial charge in [0.1, 0.15) is 17.2 Å². The van der Waals surface area contributed by atoms with Gasteiger partial charge in [-0.2, -0.15) is 0 Å². The highest BCUT2D eigenvalue weighted by molar-refractivity contribution is 5.94. The first-order valence-corrected chi connectivity index (χ1v) is 8.98. The second kappa shape index (κ2) is 7.11. The van der Waals surface area contributed by atoms with Crippen molar-refractivity contribution in [1.29, 1.82) is 0 Å². The minimum Gasteiger partial charge on any atom is -0.477 e. The number of carboxylic acid groups (broad SMARTS) is 1. The lowest BCUT2D eigenvalue weighted by Crippen LogP contribution is -2.24. The normalized spacial score (nSPS) is 13.0. The number of para-hydroxylation sites is 1. The van der Waals surface area contributed by atoms with Gasteiger partial charge in [-0.25, -0.2) is 4.79 Å². The number of fused-ring (bicyclic) bond motifs is 1. The van der Waals surface area contributed by atoms with Crippen LogP contribution in [0.5, 0.6) is 11.5 Å². The third-order valence-corrected chi connectivity index (χ3v) is 4.83. The van der Waals surface area contributed by atoms with E-state index in [0.29, 0.717) is 29.0 Å². The number of hydrogen-bond acceptors (Lipinski definition) is 3. The number of carbonyl (C=O) groups is 1. The van der Waals surface area contributed by atoms with Gasteiger partial charge in [-0.15, -0.1) is 0 Å². The fourth-order valence-electron chi connectivity index (χ4n) is 3.52. The van der Waals surface area contributed by atoms with Crippen molar-refractivity contribution < 1.29 is 14.6 Å². The Labute approximate surface area is 156 Å². The SMILES string of the molecule is O=C(O)c1[nH]c2c(c(=O)c1-c1ccc(Oc3ccccc3)cc1)CCCC2. The van der Waals surface area contributed by atoms with E-state index in [-0.39, 0.29) is 16.7 Å². The van der Waals surface area contributed by atoms with Crippen LogP contribution >= 0.6 is 0 Å². The summed E-state index contributed by atoms with van der Waals surface area (Å²) in [5.74, 6) is 0.208. The molecule has 2 aromatic carbocycles. The van der Waals surface area contributed by atoms with E-state index in [4.69, 9.17) is 4.74 Å². The summed E-state index contributed by atoms with van der Waals surface area (Å²) < 4.78 is 5.77. The van der Waals surface area contributed by atoms with Crippen LogP contribution < -0.4 is 10.2 Å². The Morgan fingerprint density at radius 2 is 1.59 bits per heavy atom. The first kappa shape index (κ1) is 17.1. The maximum atomic E-state index is 13.0. The summed E-state index contributed by atoms with van der Waals surface area (Å²) >= 11 is 0. The average molecular weight is 361 g/mol. The van der Waals surface area contributed by atoms with Crippen molar-refractivity contribution in [2.45, 2.75) is 25.7 Å². The van der Waals surface area contributed by atoms with E-state index < -0.39 is 5.97 Å². The first-order chi connectivity index (χ1) is 13.1. The standard InChI is InChI=1S/C22H19NO4/c24-21-17-8-4-5-9-18(17)23-20(22(25)26)19(21)14-10-12-16(13-11-14)27-15-6-2-1-3-7-15/h1-3,6-7,10-13H,4-5,8-9H2,(H,23,24)(H,25,26). The maximum Gasteiger partial charge on any atom is 0.353 e. The number of pyridine rings is 1. The van der Waals surface area contributed by atoms with Crippen LogP contribution in [0, 0.1) is 0 Å². The molecule has 0 amide bonds. The van der Waals surface area contributed by atoms with Crippen molar-refractivity contribution in [3.63, 3.8) is 0 Å². The van der Waals surface area contributed by atoms with Crippen LogP contribution in [0.2, 0.25) is 0 Å². The molecule has 4 rings (SSSR count). The number of aromatic amines is 1. The molecule has 0 spiro atoms. The van der Waals surface area contributed by atoms with Crippen LogP contribution in [-0.2, 0) is 12.8 Å². The number of carboxylic acids is 1. The highest BCUT2D eigenvalue weighted by Crippen LogP contribution is 2.28. The molecule has 0 radical (unpaired) electrons. The van der Waals surface area contributed by atoms with Crippen molar-refractivity contribution in [3.8, 4) is 22.6 Å². The largest absolute Gasteiger partial charge is 0.477 e. The second-order valence-electron chi connectivity index (χ2n) is 6.61. The molecule has 3 aromatic rings. The van der Waals surface area contributed by atoms with Crippen molar-refractivity contribution in [1.82, 2.24) is 4.98 Å². The van der Waals surface area contributed by atoms with Gasteiger partial charge in [0.05, 0.1) is 5.56 Å². The number of rotatable bonds is 4. The van der Waals surface area contributed by atoms with Crippen LogP contribution in [0.25, 0.3) is 11.1 Å². The van der Waals surface area contributed by atoms with Gasteiger partial charge >= 0.3 is 5.97 Å². The Kier molecular flexibility index (Phi) is 4.50. The monoisotopic (exact) mass is 361 g/mol. The topological polar surface area (TPSA) is 79.4 Å². The van der Waals surface area contributed by atoms with Gasteiger partial charge in [0, 0.05) is 11.3 Å². The van der Waals surface area contributed by atoms with Crippen LogP contribution in [0.4, 0.5) is 0 Å². The molecule has 2 N–H and O–H groups in total. The van der Waals surface area contributed by atoms with E-state index in [1.54, 1.807) is 24.3 Å². The maximum absolute atomic E-state index is 13.0. The molecule has 0 unspecified atom stereocenters. The smallest absolute Gasteiger partial charge is 0.353 e. The predicted octanol–water partition coefficient (Wildman–Crippen LogP) is 4.41. The molecule has 0 aliphatic heterocycles. The number of aryl methyl sites for hydroxylation is 1. The molecule has 1 aliphatic carbocycles. The number of ether oxygens (including phenoxy) is 1. The van der Waals surface area contributed by atoms with Crippen LogP contribution in [0.15, 0.2) is 59.4 Å². The van der Waals surface area contributed by atoms with Gasteiger partial charge in [-0.05, 0) is 55.5 Å². The summed E-state index contributed by atoms with van der Waals surface area (Å²) in [7, 11) is 0. The third kappa shape index (κ3) is 3.36. The summed E-state index contributed by atoms with van der Waals surface area (Å²) in [5.41, 5.74) is 2.04. The summed E-state index contributed by atoms with van der Waals surface area (Å²) in [6.45, 7) is 0. The van der Waals surface area contributed by atoms with Crippen molar-refractivity contribution in [2.75, 3.05) is 0 Å². The average Bonchev–Trinajstić information content (AvgIpc) is 2.69. The molecule has 0 saturated heterocycles. The van der Waals surface area contributed by atoms with Crippen molar-refractivity contribution >= 4 is 5.97 Å². The molecular formula is C22H19NO4. The summed E-state index contributed by atoms with van der Waals surface area (Å²) in [5, 5.41) is 9.61. The molecule has 0 atom stereocenters. The number of nitrogens with one attached hydrogen (secondary N) is 1. The van der Waals surface area contributed by atoms with Crippen LogP contribution in [0.1, 0.15) is 34.6 Å². The van der Waals surface area contributed by atoms with E-state index in [1.165, 1.54) is 0 Å². The van der Waals surface area contributed by atoms with Gasteiger partial charge in [0.25, 0.3) is 0 Å². The number of hydrogen-bond donors (Lipinski definition) is 2. The van der Waals surface area contributed by atoms with E-state index in [9.17, 15) is 14.7 Å². The lowest BCUT2D eigenvalue weighted by Gasteiger charge is -2.18. The van der Waals surface area contributed by atoms with Gasteiger partial charge in [-0.1, -0.05) is 30.3 Å². The molecule has 1 heterocycles. The Morgan fingerprint density at radius 3 is 2.30 bits per heavy atom. The highest BCUT2D eigenvalue weighted by atomic mass is 16.5. The van der Waals surface area contributed by atoms with Gasteiger partial charge < -0.3 is 14.8 Å². The molecular weight excluding hydrogens is 342 g/mol. The van der Waals surface area contributed by atoms with Crippen molar-refractivity contribution in [2.24, 2.45) is 0 Å². The Morgan fingerprint density at radius 1 is 0.926 bits per heavy atom. The lowest BCUT2D eigenvalue weighted by atomic mass is 9.91. The summed E-state index contributed by atoms with van der Waals surface area (Å²) in [4.78, 5) is 27.7. The van der Waals surface area contributed by atoms with E-state index in [1.807, 2.05) is 30.3 Å². The second-order valence-corrected chi connectivity index (χ2v) is 6.61. The molecule has 0 fully saturated rings. The van der Waals surface area contributed by atoms with Crippen LogP contribution in [0.3, 0.4) is 0 Å². The molecule has 5 heteroatoms. The summed E-state index contributed by atoms with van der Waals surface area (Å²) in [6, 6.07) is 16.3. The predicted molar refractivity (Wildman–Crippen MR) is 103 cm³/mol. The molecule has 0 bridgehead atoms. The number of aromatic nitrogens is 1. The fraction of sp³-hybridized carbons (Fsp3) is 0.182. The Balaban J connectivity index is 1.74. The third-order valence-electron chi connectivity index (χ3n) is 4.83. The zero-order chi connectivity index (χ0) is 18.8. The minimum absolute atomic E-state index is 0.0441. The quantitative estimate of drug-likeness (QED) is 0.721.